The summed E-state index contributed by atoms with van der Waals surface area (Å²) in [7, 11) is -10.2. The number of nitrogens with one attached hydrogen (secondary N) is 1. The van der Waals surface area contributed by atoms with Crippen molar-refractivity contribution in [3.8, 4) is 0 Å². The Morgan fingerprint density at radius 1 is 1.06 bits per heavy atom. The molecule has 19 heteroatoms. The molecule has 1 aromatic heterocycles. The Labute approximate surface area is 195 Å². The van der Waals surface area contributed by atoms with Gasteiger partial charge in [0.15, 0.2) is 6.23 Å². The van der Waals surface area contributed by atoms with Gasteiger partial charge < -0.3 is 44.8 Å². The molecule has 0 amide bonds. The standard InChI is InChI=1S/C16H24N2O15P2/c19-4-9-12(22)8(20)3-7(31-9)6-34(26,27)33-35(28,29)30-5-10-13(23)14(24)15(32-10)18-2-1-11(21)17-16(18)25/h1-3,8-10,12-15,19-20,22-24H,4-6H2,(H,26,27)(H,28,29)(H,17,21,25)/t8?,9?,10-,12?,13?,14?,15-/m1/s1. The summed E-state index contributed by atoms with van der Waals surface area (Å²) in [5.74, 6) is -0.403. The molecule has 9 atom stereocenters. The van der Waals surface area contributed by atoms with E-state index in [0.717, 1.165) is 22.9 Å². The van der Waals surface area contributed by atoms with Crippen LogP contribution >= 0.6 is 15.4 Å². The maximum absolute atomic E-state index is 12.3. The summed E-state index contributed by atoms with van der Waals surface area (Å²) >= 11 is 0. The lowest BCUT2D eigenvalue weighted by molar-refractivity contribution is -0.0902. The number of allylic oxidation sites excluding steroid dienone is 1. The maximum Gasteiger partial charge on any atom is 0.479 e. The average Bonchev–Trinajstić information content (AvgIpc) is 3.02. The van der Waals surface area contributed by atoms with Gasteiger partial charge in [-0.05, 0) is 6.08 Å². The second-order valence-corrected chi connectivity index (χ2v) is 11.1. The van der Waals surface area contributed by atoms with E-state index < -0.39 is 94.7 Å². The lowest BCUT2D eigenvalue weighted by Crippen LogP contribution is -2.44. The Morgan fingerprint density at radius 3 is 2.37 bits per heavy atom. The predicted octanol–water partition coefficient (Wildman–Crippen LogP) is -3.53. The monoisotopic (exact) mass is 546 g/mol. The van der Waals surface area contributed by atoms with E-state index in [1.54, 1.807) is 0 Å². The molecule has 35 heavy (non-hydrogen) atoms. The number of aliphatic hydroxyl groups is 5. The van der Waals surface area contributed by atoms with Crippen LogP contribution < -0.4 is 11.2 Å². The first-order valence-corrected chi connectivity index (χ1v) is 13.2. The number of H-pyrrole nitrogens is 1. The highest BCUT2D eigenvalue weighted by Crippen LogP contribution is 2.60. The van der Waals surface area contributed by atoms with Crippen LogP contribution in [0, 0.1) is 0 Å². The minimum atomic E-state index is -5.28. The Hall–Kier alpha value is -1.72. The van der Waals surface area contributed by atoms with E-state index in [2.05, 4.69) is 8.83 Å². The number of rotatable bonds is 9. The highest BCUT2D eigenvalue weighted by molar-refractivity contribution is 7.64. The van der Waals surface area contributed by atoms with Crippen LogP contribution in [0.1, 0.15) is 6.23 Å². The van der Waals surface area contributed by atoms with Gasteiger partial charge >= 0.3 is 21.1 Å². The SMILES string of the molecule is O=c1ccn([C@@H]2O[C@H](COP(=O)(O)OP(=O)(O)CC3=CC(O)C(O)C(CO)O3)C(O)C2O)c(=O)[nH]1. The predicted molar refractivity (Wildman–Crippen MR) is 111 cm³/mol. The zero-order valence-electron chi connectivity index (χ0n) is 17.6. The molecule has 0 aromatic carbocycles. The van der Waals surface area contributed by atoms with Crippen LogP contribution in [-0.4, -0.2) is 101 Å². The van der Waals surface area contributed by atoms with Crippen molar-refractivity contribution < 1.29 is 62.8 Å². The zero-order chi connectivity index (χ0) is 26.1. The molecule has 17 nitrogen and oxygen atoms in total. The highest BCUT2D eigenvalue weighted by Gasteiger charge is 2.46. The molecule has 8 N–H and O–H groups in total. The van der Waals surface area contributed by atoms with Gasteiger partial charge in [-0.1, -0.05) is 0 Å². The van der Waals surface area contributed by atoms with Gasteiger partial charge in [-0.2, -0.15) is 0 Å². The number of nitrogens with zero attached hydrogens (tertiary/aromatic N) is 1. The summed E-state index contributed by atoms with van der Waals surface area (Å²) < 4.78 is 44.5. The van der Waals surface area contributed by atoms with Gasteiger partial charge in [0, 0.05) is 12.3 Å². The van der Waals surface area contributed by atoms with Crippen molar-refractivity contribution in [1.29, 1.82) is 0 Å². The Kier molecular flexibility index (Phi) is 8.53. The fourth-order valence-electron chi connectivity index (χ4n) is 3.35. The van der Waals surface area contributed by atoms with Gasteiger partial charge in [-0.15, -0.1) is 0 Å². The number of aliphatic hydroxyl groups excluding tert-OH is 5. The normalized spacial score (nSPS) is 34.5. The van der Waals surface area contributed by atoms with Crippen molar-refractivity contribution in [2.45, 2.75) is 42.9 Å². The van der Waals surface area contributed by atoms with Gasteiger partial charge in [-0.3, -0.25) is 23.4 Å². The maximum atomic E-state index is 12.3. The topological polar surface area (TPSA) is 268 Å². The van der Waals surface area contributed by atoms with Crippen molar-refractivity contribution in [1.82, 2.24) is 9.55 Å². The minimum absolute atomic E-state index is 0.403. The number of phosphoric acid groups is 1. The fourth-order valence-corrected chi connectivity index (χ4v) is 5.97. The molecule has 2 aliphatic rings. The first-order chi connectivity index (χ1) is 16.2. The number of aromatic nitrogens is 2. The van der Waals surface area contributed by atoms with E-state index >= 15 is 0 Å². The van der Waals surface area contributed by atoms with Crippen molar-refractivity contribution >= 4 is 15.4 Å². The highest BCUT2D eigenvalue weighted by atomic mass is 31.3. The summed E-state index contributed by atoms with van der Waals surface area (Å²) in [4.78, 5) is 44.8. The molecule has 0 radical (unpaired) electrons. The fraction of sp³-hybridized carbons (Fsp3) is 0.625. The van der Waals surface area contributed by atoms with Gasteiger partial charge in [0.1, 0.15) is 48.5 Å². The van der Waals surface area contributed by atoms with Gasteiger partial charge in [0.25, 0.3) is 5.56 Å². The van der Waals surface area contributed by atoms with Crippen LogP contribution in [0.15, 0.2) is 33.7 Å². The second kappa shape index (κ2) is 10.7. The van der Waals surface area contributed by atoms with E-state index in [0.29, 0.717) is 0 Å². The number of phosphoric ester groups is 1. The zero-order valence-corrected chi connectivity index (χ0v) is 19.4. The average molecular weight is 546 g/mol. The third kappa shape index (κ3) is 6.74. The summed E-state index contributed by atoms with van der Waals surface area (Å²) in [6.45, 7) is -1.67. The lowest BCUT2D eigenvalue weighted by Gasteiger charge is -2.31. The Morgan fingerprint density at radius 2 is 1.74 bits per heavy atom. The number of aromatic amines is 1. The first kappa shape index (κ1) is 27.9. The molecule has 3 heterocycles. The molecule has 0 saturated carbocycles. The largest absolute Gasteiger partial charge is 0.489 e. The number of hydrogen-bond donors (Lipinski definition) is 8. The third-order valence-electron chi connectivity index (χ3n) is 5.02. The van der Waals surface area contributed by atoms with Gasteiger partial charge in [-0.25, -0.2) is 13.7 Å². The molecular weight excluding hydrogens is 522 g/mol. The summed E-state index contributed by atoms with van der Waals surface area (Å²) in [5, 5.41) is 48.8. The molecule has 3 rings (SSSR count). The molecule has 198 valence electrons. The summed E-state index contributed by atoms with van der Waals surface area (Å²) in [5.41, 5.74) is -1.69. The van der Waals surface area contributed by atoms with Crippen molar-refractivity contribution in [3.63, 3.8) is 0 Å². The first-order valence-electron chi connectivity index (χ1n) is 9.91. The van der Waals surface area contributed by atoms with Crippen molar-refractivity contribution in [2.75, 3.05) is 19.4 Å². The molecule has 2 aliphatic heterocycles. The number of hydrogen-bond acceptors (Lipinski definition) is 13. The van der Waals surface area contributed by atoms with Crippen LogP contribution in [0.5, 0.6) is 0 Å². The van der Waals surface area contributed by atoms with Crippen molar-refractivity contribution in [3.05, 3.63) is 44.9 Å². The van der Waals surface area contributed by atoms with Gasteiger partial charge in [0.2, 0.25) is 0 Å². The van der Waals surface area contributed by atoms with Gasteiger partial charge in [0.05, 0.1) is 13.2 Å². The summed E-state index contributed by atoms with van der Waals surface area (Å²) in [6.07, 6.45) is -10.0. The number of ether oxygens (including phenoxy) is 2. The molecule has 1 saturated heterocycles. The third-order valence-corrected chi connectivity index (χ3v) is 8.05. The molecule has 1 fully saturated rings. The van der Waals surface area contributed by atoms with Crippen molar-refractivity contribution in [2.24, 2.45) is 0 Å². The molecule has 0 spiro atoms. The van der Waals surface area contributed by atoms with Crippen LogP contribution in [0.2, 0.25) is 0 Å². The van der Waals surface area contributed by atoms with Crippen LogP contribution in [-0.2, 0) is 27.4 Å². The molecule has 0 aliphatic carbocycles. The molecule has 1 aromatic rings. The molecular formula is C16H24N2O15P2. The van der Waals surface area contributed by atoms with E-state index in [4.69, 9.17) is 14.6 Å². The van der Waals surface area contributed by atoms with E-state index in [1.165, 1.54) is 0 Å². The van der Waals surface area contributed by atoms with E-state index in [9.17, 15) is 48.9 Å². The quantitative estimate of drug-likeness (QED) is 0.139. The lowest BCUT2D eigenvalue weighted by atomic mass is 10.1. The molecule has 7 unspecified atom stereocenters. The van der Waals surface area contributed by atoms with E-state index in [-0.39, 0.29) is 0 Å². The molecule has 0 bridgehead atoms. The Balaban J connectivity index is 1.61. The van der Waals surface area contributed by atoms with Crippen LogP contribution in [0.25, 0.3) is 0 Å². The Bertz CT molecular complexity index is 1150. The minimum Gasteiger partial charge on any atom is -0.489 e. The second-order valence-electron chi connectivity index (χ2n) is 7.66. The summed E-state index contributed by atoms with van der Waals surface area (Å²) in [6, 6.07) is 0.955. The van der Waals surface area contributed by atoms with E-state index in [1.807, 2.05) is 4.98 Å². The van der Waals surface area contributed by atoms with Crippen LogP contribution in [0.4, 0.5) is 0 Å². The van der Waals surface area contributed by atoms with Crippen LogP contribution in [0.3, 0.4) is 0 Å². The smallest absolute Gasteiger partial charge is 0.479 e.